The number of nitrogens with zero attached hydrogens (tertiary/aromatic N) is 4. The maximum Gasteiger partial charge on any atom is 0.276 e. The Labute approximate surface area is 132 Å². The molecule has 120 valence electrons. The van der Waals surface area contributed by atoms with Gasteiger partial charge in [0.05, 0.1) is 12.6 Å². The predicted octanol–water partition coefficient (Wildman–Crippen LogP) is 1.41. The number of carbonyl (C=O) groups excluding carboxylic acids is 1. The highest BCUT2D eigenvalue weighted by Gasteiger charge is 2.34. The number of amides is 1. The number of carbonyl (C=O) groups is 1. The molecule has 3 heterocycles. The summed E-state index contributed by atoms with van der Waals surface area (Å²) in [5.74, 6) is 1.13. The molecule has 2 fully saturated rings. The highest BCUT2D eigenvalue weighted by Crippen LogP contribution is 2.40. The first-order valence-corrected chi connectivity index (χ1v) is 8.02. The summed E-state index contributed by atoms with van der Waals surface area (Å²) >= 11 is 0. The lowest BCUT2D eigenvalue weighted by Gasteiger charge is -2.23. The molecule has 2 aromatic rings. The van der Waals surface area contributed by atoms with Crippen molar-refractivity contribution in [1.82, 2.24) is 19.8 Å². The van der Waals surface area contributed by atoms with E-state index in [-0.39, 0.29) is 17.5 Å². The van der Waals surface area contributed by atoms with Crippen LogP contribution in [0.4, 0.5) is 0 Å². The van der Waals surface area contributed by atoms with Gasteiger partial charge in [-0.1, -0.05) is 5.16 Å². The van der Waals surface area contributed by atoms with Crippen LogP contribution in [-0.2, 0) is 6.54 Å². The van der Waals surface area contributed by atoms with E-state index in [1.165, 1.54) is 10.7 Å². The Kier molecular flexibility index (Phi) is 3.48. The van der Waals surface area contributed by atoms with Crippen LogP contribution in [-0.4, -0.2) is 38.3 Å². The van der Waals surface area contributed by atoms with Crippen molar-refractivity contribution in [2.45, 2.75) is 44.2 Å². The molecular formula is C16H18N4O3. The minimum Gasteiger partial charge on any atom is -0.360 e. The molecule has 0 N–H and O–H groups in total. The van der Waals surface area contributed by atoms with Crippen molar-refractivity contribution in [3.8, 4) is 0 Å². The molecule has 23 heavy (non-hydrogen) atoms. The lowest BCUT2D eigenvalue weighted by Crippen LogP contribution is -2.40. The molecule has 1 atom stereocenters. The average Bonchev–Trinajstić information content (AvgIpc) is 3.11. The fourth-order valence-electron chi connectivity index (χ4n) is 3.11. The van der Waals surface area contributed by atoms with Gasteiger partial charge in [-0.3, -0.25) is 9.59 Å². The van der Waals surface area contributed by atoms with E-state index in [0.717, 1.165) is 31.4 Å². The zero-order valence-corrected chi connectivity index (χ0v) is 12.7. The Morgan fingerprint density at radius 2 is 2.22 bits per heavy atom. The van der Waals surface area contributed by atoms with Crippen molar-refractivity contribution in [3.63, 3.8) is 0 Å². The maximum atomic E-state index is 12.7. The molecule has 0 spiro atoms. The monoisotopic (exact) mass is 314 g/mol. The van der Waals surface area contributed by atoms with Gasteiger partial charge in [-0.15, -0.1) is 0 Å². The molecule has 0 aromatic carbocycles. The van der Waals surface area contributed by atoms with Crippen LogP contribution in [0, 0.1) is 0 Å². The highest BCUT2D eigenvalue weighted by atomic mass is 16.5. The van der Waals surface area contributed by atoms with Crippen LogP contribution in [0.1, 0.15) is 47.8 Å². The standard InChI is InChI=1S/C16H18N4O3/c21-15-4-1-7-17-20(15)10-12-3-2-8-19(12)16(22)13-9-14(23-18-13)11-5-6-11/h1,4,7,9,11-12H,2-3,5-6,8,10H2. The van der Waals surface area contributed by atoms with Crippen LogP contribution < -0.4 is 5.56 Å². The molecule has 7 heteroatoms. The van der Waals surface area contributed by atoms with E-state index in [1.54, 1.807) is 23.2 Å². The second-order valence-corrected chi connectivity index (χ2v) is 6.23. The van der Waals surface area contributed by atoms with E-state index in [4.69, 9.17) is 4.52 Å². The third-order valence-corrected chi connectivity index (χ3v) is 4.53. The summed E-state index contributed by atoms with van der Waals surface area (Å²) in [6.07, 6.45) is 5.59. The zero-order chi connectivity index (χ0) is 15.8. The topological polar surface area (TPSA) is 81.2 Å². The SMILES string of the molecule is O=C(c1cc(C2CC2)on1)N1CCCC1Cn1ncccc1=O. The molecule has 4 rings (SSSR count). The number of hydrogen-bond acceptors (Lipinski definition) is 5. The van der Waals surface area contributed by atoms with E-state index in [2.05, 4.69) is 10.3 Å². The molecule has 2 aliphatic rings. The van der Waals surface area contributed by atoms with Crippen LogP contribution >= 0.6 is 0 Å². The lowest BCUT2D eigenvalue weighted by atomic mass is 10.2. The fourth-order valence-corrected chi connectivity index (χ4v) is 3.11. The predicted molar refractivity (Wildman–Crippen MR) is 81.0 cm³/mol. The highest BCUT2D eigenvalue weighted by molar-refractivity contribution is 5.92. The van der Waals surface area contributed by atoms with Crippen molar-refractivity contribution >= 4 is 5.91 Å². The summed E-state index contributed by atoms with van der Waals surface area (Å²) in [6, 6.07) is 4.83. The molecule has 0 radical (unpaired) electrons. The van der Waals surface area contributed by atoms with E-state index in [1.807, 2.05) is 0 Å². The van der Waals surface area contributed by atoms with E-state index >= 15 is 0 Å². The van der Waals surface area contributed by atoms with Gasteiger partial charge in [-0.25, -0.2) is 4.68 Å². The second-order valence-electron chi connectivity index (χ2n) is 6.23. The van der Waals surface area contributed by atoms with Crippen LogP contribution in [0.3, 0.4) is 0 Å². The van der Waals surface area contributed by atoms with Gasteiger partial charge in [0.15, 0.2) is 5.69 Å². The molecule has 1 unspecified atom stereocenters. The van der Waals surface area contributed by atoms with E-state index < -0.39 is 0 Å². The van der Waals surface area contributed by atoms with Crippen molar-refractivity contribution in [2.24, 2.45) is 0 Å². The fraction of sp³-hybridized carbons (Fsp3) is 0.500. The Morgan fingerprint density at radius 1 is 1.35 bits per heavy atom. The van der Waals surface area contributed by atoms with E-state index in [0.29, 0.717) is 24.7 Å². The van der Waals surface area contributed by atoms with Crippen molar-refractivity contribution in [1.29, 1.82) is 0 Å². The molecule has 1 aliphatic heterocycles. The lowest BCUT2D eigenvalue weighted by molar-refractivity contribution is 0.0710. The van der Waals surface area contributed by atoms with Gasteiger partial charge >= 0.3 is 0 Å². The molecular weight excluding hydrogens is 296 g/mol. The van der Waals surface area contributed by atoms with Gasteiger partial charge in [-0.2, -0.15) is 5.10 Å². The first-order chi connectivity index (χ1) is 11.2. The van der Waals surface area contributed by atoms with Crippen LogP contribution in [0.5, 0.6) is 0 Å². The largest absolute Gasteiger partial charge is 0.360 e. The molecule has 2 aromatic heterocycles. The quantitative estimate of drug-likeness (QED) is 0.852. The third kappa shape index (κ3) is 2.78. The summed E-state index contributed by atoms with van der Waals surface area (Å²) in [5.41, 5.74) is 0.219. The summed E-state index contributed by atoms with van der Waals surface area (Å²) in [5, 5.41) is 8.01. The molecule has 1 saturated carbocycles. The van der Waals surface area contributed by atoms with Gasteiger partial charge < -0.3 is 9.42 Å². The van der Waals surface area contributed by atoms with Gasteiger partial charge in [0.25, 0.3) is 11.5 Å². The van der Waals surface area contributed by atoms with Crippen molar-refractivity contribution in [2.75, 3.05) is 6.54 Å². The summed E-state index contributed by atoms with van der Waals surface area (Å²) < 4.78 is 6.69. The average molecular weight is 314 g/mol. The number of rotatable bonds is 4. The first-order valence-electron chi connectivity index (χ1n) is 8.02. The first kappa shape index (κ1) is 14.2. The Hall–Kier alpha value is -2.44. The molecule has 0 bridgehead atoms. The molecule has 1 saturated heterocycles. The molecule has 7 nitrogen and oxygen atoms in total. The maximum absolute atomic E-state index is 12.7. The van der Waals surface area contributed by atoms with Gasteiger partial charge in [-0.05, 0) is 31.7 Å². The Balaban J connectivity index is 1.51. The number of hydrogen-bond donors (Lipinski definition) is 0. The Morgan fingerprint density at radius 3 is 3.00 bits per heavy atom. The van der Waals surface area contributed by atoms with Gasteiger partial charge in [0.1, 0.15) is 5.76 Å². The second kappa shape index (κ2) is 5.64. The third-order valence-electron chi connectivity index (χ3n) is 4.53. The molecule has 1 aliphatic carbocycles. The molecule has 1 amide bonds. The summed E-state index contributed by atoms with van der Waals surface area (Å²) in [6.45, 7) is 1.09. The van der Waals surface area contributed by atoms with E-state index in [9.17, 15) is 9.59 Å². The van der Waals surface area contributed by atoms with Crippen LogP contribution in [0.15, 0.2) is 33.7 Å². The van der Waals surface area contributed by atoms with Crippen LogP contribution in [0.25, 0.3) is 0 Å². The van der Waals surface area contributed by atoms with Gasteiger partial charge in [0, 0.05) is 30.8 Å². The smallest absolute Gasteiger partial charge is 0.276 e. The van der Waals surface area contributed by atoms with Crippen LogP contribution in [0.2, 0.25) is 0 Å². The summed E-state index contributed by atoms with van der Waals surface area (Å²) in [7, 11) is 0. The zero-order valence-electron chi connectivity index (χ0n) is 12.7. The van der Waals surface area contributed by atoms with Crippen molar-refractivity contribution < 1.29 is 9.32 Å². The minimum atomic E-state index is -0.149. The summed E-state index contributed by atoms with van der Waals surface area (Å²) in [4.78, 5) is 26.3. The normalized spacial score (nSPS) is 20.9. The Bertz CT molecular complexity index is 777. The number of likely N-dealkylation sites (tertiary alicyclic amines) is 1. The minimum absolute atomic E-state index is 0.0313. The van der Waals surface area contributed by atoms with Crippen molar-refractivity contribution in [3.05, 3.63) is 46.2 Å². The van der Waals surface area contributed by atoms with Gasteiger partial charge in [0.2, 0.25) is 0 Å². The number of aromatic nitrogens is 3.